The van der Waals surface area contributed by atoms with Gasteiger partial charge < -0.3 is 5.32 Å². The first-order valence-electron chi connectivity index (χ1n) is 4.14. The summed E-state index contributed by atoms with van der Waals surface area (Å²) in [7, 11) is 1.40. The lowest BCUT2D eigenvalue weighted by atomic mass is 9.96. The van der Waals surface area contributed by atoms with Crippen molar-refractivity contribution < 1.29 is 0 Å². The Morgan fingerprint density at radius 2 is 2.00 bits per heavy atom. The van der Waals surface area contributed by atoms with E-state index in [1.54, 1.807) is 0 Å². The van der Waals surface area contributed by atoms with Gasteiger partial charge in [-0.25, -0.2) is 0 Å². The molecule has 0 amide bonds. The smallest absolute Gasteiger partial charge is 0.00281 e. The maximum atomic E-state index is 3.38. The quantitative estimate of drug-likeness (QED) is 0.543. The Morgan fingerprint density at radius 3 is 2.56 bits per heavy atom. The molecule has 0 aliphatic carbocycles. The molecule has 0 radical (unpaired) electrons. The van der Waals surface area contributed by atoms with E-state index in [2.05, 4.69) is 5.32 Å². The van der Waals surface area contributed by atoms with Gasteiger partial charge in [0.1, 0.15) is 0 Å². The van der Waals surface area contributed by atoms with Gasteiger partial charge in [0, 0.05) is 10.2 Å². The van der Waals surface area contributed by atoms with Gasteiger partial charge in [-0.05, 0) is 31.8 Å². The lowest BCUT2D eigenvalue weighted by molar-refractivity contribution is 0.365. The average Bonchev–Trinajstić information content (AvgIpc) is 1.91. The normalized spacial score (nSPS) is 22.7. The van der Waals surface area contributed by atoms with E-state index < -0.39 is 0 Å². The molecule has 54 valence electrons. The summed E-state index contributed by atoms with van der Waals surface area (Å²) in [5.41, 5.74) is 0. The van der Waals surface area contributed by atoms with Crippen molar-refractivity contribution in [3.63, 3.8) is 0 Å². The van der Waals surface area contributed by atoms with Crippen molar-refractivity contribution in [2.75, 3.05) is 13.1 Å². The largest absolute Gasteiger partial charge is 0.317 e. The van der Waals surface area contributed by atoms with Crippen LogP contribution in [0, 0.1) is 5.92 Å². The van der Waals surface area contributed by atoms with E-state index in [-0.39, 0.29) is 0 Å². The standard InChI is InChI=1S/C7H17NSi/c9-6-3-7-1-4-8-5-2-7/h7-8H,1-6H2,9H3. The lowest BCUT2D eigenvalue weighted by Crippen LogP contribution is -2.27. The van der Waals surface area contributed by atoms with E-state index in [1.165, 1.54) is 48.6 Å². The van der Waals surface area contributed by atoms with E-state index in [0.717, 1.165) is 5.92 Å². The second-order valence-corrected chi connectivity index (χ2v) is 3.98. The Balaban J connectivity index is 2.08. The number of hydrogen-bond donors (Lipinski definition) is 1. The second kappa shape index (κ2) is 4.07. The van der Waals surface area contributed by atoms with Crippen LogP contribution in [0.25, 0.3) is 0 Å². The summed E-state index contributed by atoms with van der Waals surface area (Å²) in [5, 5.41) is 3.38. The monoisotopic (exact) mass is 143 g/mol. The Labute approximate surface area is 60.6 Å². The van der Waals surface area contributed by atoms with Crippen LogP contribution >= 0.6 is 0 Å². The predicted molar refractivity (Wildman–Crippen MR) is 45.0 cm³/mol. The van der Waals surface area contributed by atoms with Crippen molar-refractivity contribution in [1.29, 1.82) is 0 Å². The molecule has 1 saturated heterocycles. The number of rotatable bonds is 2. The SMILES string of the molecule is [SiH3]CCC1CCNCC1. The Bertz CT molecular complexity index is 66.6. The van der Waals surface area contributed by atoms with Gasteiger partial charge in [-0.1, -0.05) is 12.5 Å². The molecule has 1 N–H and O–H groups in total. The highest BCUT2D eigenvalue weighted by Crippen LogP contribution is 2.16. The molecule has 1 aliphatic heterocycles. The minimum atomic E-state index is 1.07. The zero-order chi connectivity index (χ0) is 6.53. The van der Waals surface area contributed by atoms with Crippen LogP contribution in [-0.2, 0) is 0 Å². The maximum Gasteiger partial charge on any atom is 0.00281 e. The lowest BCUT2D eigenvalue weighted by Gasteiger charge is -2.21. The van der Waals surface area contributed by atoms with Crippen molar-refractivity contribution >= 4 is 10.2 Å². The van der Waals surface area contributed by atoms with E-state index in [0.29, 0.717) is 0 Å². The summed E-state index contributed by atoms with van der Waals surface area (Å²) in [4.78, 5) is 0. The molecule has 1 nitrogen and oxygen atoms in total. The maximum absolute atomic E-state index is 3.38. The third-order valence-electron chi connectivity index (χ3n) is 2.16. The highest BCUT2D eigenvalue weighted by Gasteiger charge is 2.10. The minimum absolute atomic E-state index is 1.07. The molecule has 1 aliphatic rings. The van der Waals surface area contributed by atoms with Crippen LogP contribution in [0.1, 0.15) is 19.3 Å². The zero-order valence-electron chi connectivity index (χ0n) is 6.32. The summed E-state index contributed by atoms with van der Waals surface area (Å²) >= 11 is 0. The van der Waals surface area contributed by atoms with Gasteiger partial charge in [-0.2, -0.15) is 0 Å². The molecule has 1 heterocycles. The van der Waals surface area contributed by atoms with Crippen LogP contribution in [0.3, 0.4) is 0 Å². The molecule has 0 bridgehead atoms. The van der Waals surface area contributed by atoms with Crippen LogP contribution in [0.2, 0.25) is 6.04 Å². The van der Waals surface area contributed by atoms with Gasteiger partial charge in [0.2, 0.25) is 0 Å². The summed E-state index contributed by atoms with van der Waals surface area (Å²) in [5.74, 6) is 1.07. The Hall–Kier alpha value is 0.177. The number of piperidine rings is 1. The van der Waals surface area contributed by atoms with Crippen LogP contribution < -0.4 is 5.32 Å². The molecule has 0 aromatic rings. The Morgan fingerprint density at radius 1 is 1.33 bits per heavy atom. The van der Waals surface area contributed by atoms with Gasteiger partial charge in [0.15, 0.2) is 0 Å². The predicted octanol–water partition coefficient (Wildman–Crippen LogP) is 0.160. The third kappa shape index (κ3) is 2.50. The van der Waals surface area contributed by atoms with Gasteiger partial charge in [0.05, 0.1) is 0 Å². The third-order valence-corrected chi connectivity index (χ3v) is 2.73. The van der Waals surface area contributed by atoms with E-state index in [9.17, 15) is 0 Å². The van der Waals surface area contributed by atoms with Crippen LogP contribution in [0.4, 0.5) is 0 Å². The molecule has 0 aromatic carbocycles. The molecule has 9 heavy (non-hydrogen) atoms. The van der Waals surface area contributed by atoms with Crippen LogP contribution in [-0.4, -0.2) is 23.3 Å². The van der Waals surface area contributed by atoms with Crippen molar-refractivity contribution in [3.8, 4) is 0 Å². The molecular formula is C7H17NSi. The first kappa shape index (κ1) is 7.29. The van der Waals surface area contributed by atoms with Crippen molar-refractivity contribution in [1.82, 2.24) is 5.32 Å². The average molecular weight is 143 g/mol. The molecule has 2 heteroatoms. The van der Waals surface area contributed by atoms with Gasteiger partial charge in [0.25, 0.3) is 0 Å². The fourth-order valence-electron chi connectivity index (χ4n) is 1.58. The molecule has 0 unspecified atom stereocenters. The van der Waals surface area contributed by atoms with E-state index in [1.807, 2.05) is 0 Å². The van der Waals surface area contributed by atoms with E-state index >= 15 is 0 Å². The molecule has 1 fully saturated rings. The molecule has 0 atom stereocenters. The fraction of sp³-hybridized carbons (Fsp3) is 1.00. The topological polar surface area (TPSA) is 12.0 Å². The molecular weight excluding hydrogens is 126 g/mol. The van der Waals surface area contributed by atoms with Crippen molar-refractivity contribution in [3.05, 3.63) is 0 Å². The molecule has 0 spiro atoms. The fourth-order valence-corrected chi connectivity index (χ4v) is 2.40. The number of hydrogen-bond acceptors (Lipinski definition) is 1. The zero-order valence-corrected chi connectivity index (χ0v) is 8.32. The Kier molecular flexibility index (Phi) is 3.29. The number of nitrogens with one attached hydrogen (secondary N) is 1. The molecule has 0 saturated carbocycles. The van der Waals surface area contributed by atoms with E-state index in [4.69, 9.17) is 0 Å². The minimum Gasteiger partial charge on any atom is -0.317 e. The summed E-state index contributed by atoms with van der Waals surface area (Å²) in [6.45, 7) is 2.54. The van der Waals surface area contributed by atoms with Crippen LogP contribution in [0.15, 0.2) is 0 Å². The second-order valence-electron chi connectivity index (χ2n) is 2.98. The molecule has 1 rings (SSSR count). The highest BCUT2D eigenvalue weighted by atomic mass is 28.1. The van der Waals surface area contributed by atoms with Crippen molar-refractivity contribution in [2.24, 2.45) is 5.92 Å². The van der Waals surface area contributed by atoms with Gasteiger partial charge in [-0.3, -0.25) is 0 Å². The van der Waals surface area contributed by atoms with Gasteiger partial charge in [-0.15, -0.1) is 0 Å². The highest BCUT2D eigenvalue weighted by molar-refractivity contribution is 6.08. The summed E-state index contributed by atoms with van der Waals surface area (Å²) < 4.78 is 0. The summed E-state index contributed by atoms with van der Waals surface area (Å²) in [6.07, 6.45) is 4.37. The first-order chi connectivity index (χ1) is 4.43. The first-order valence-corrected chi connectivity index (χ1v) is 5.55. The van der Waals surface area contributed by atoms with Crippen LogP contribution in [0.5, 0.6) is 0 Å². The van der Waals surface area contributed by atoms with Gasteiger partial charge >= 0.3 is 0 Å². The summed E-state index contributed by atoms with van der Waals surface area (Å²) in [6, 6.07) is 1.50. The van der Waals surface area contributed by atoms with Crippen molar-refractivity contribution in [2.45, 2.75) is 25.3 Å². The molecule has 0 aromatic heterocycles.